The molecule has 4 heterocycles. The molecule has 1 atom stereocenters. The predicted octanol–water partition coefficient (Wildman–Crippen LogP) is 2.02. The van der Waals surface area contributed by atoms with Crippen LogP contribution in [0.5, 0.6) is 0 Å². The number of aromatic amines is 1. The van der Waals surface area contributed by atoms with Gasteiger partial charge < -0.3 is 10.2 Å². The van der Waals surface area contributed by atoms with Gasteiger partial charge in [0.25, 0.3) is 0 Å². The van der Waals surface area contributed by atoms with Crippen molar-refractivity contribution in [2.45, 2.75) is 25.4 Å². The molecule has 0 aliphatic carbocycles. The normalized spacial score (nSPS) is 17.6. The van der Waals surface area contributed by atoms with Gasteiger partial charge in [-0.2, -0.15) is 10.2 Å². The van der Waals surface area contributed by atoms with E-state index in [9.17, 15) is 0 Å². The van der Waals surface area contributed by atoms with E-state index in [2.05, 4.69) is 35.6 Å². The van der Waals surface area contributed by atoms with E-state index in [0.717, 1.165) is 55.1 Å². The minimum atomic E-state index is 0.424. The lowest BCUT2D eigenvalue weighted by atomic mass is 10.0. The SMILES string of the molecule is c1cncc(-c2[nH]ncc2CNC2CCCN(c3cccnn3)C2)c1. The van der Waals surface area contributed by atoms with Gasteiger partial charge in [-0.15, -0.1) is 5.10 Å². The van der Waals surface area contributed by atoms with Crippen LogP contribution in [0.25, 0.3) is 11.3 Å². The molecule has 3 aromatic rings. The highest BCUT2D eigenvalue weighted by Gasteiger charge is 2.21. The first-order valence-corrected chi connectivity index (χ1v) is 8.59. The summed E-state index contributed by atoms with van der Waals surface area (Å²) < 4.78 is 0. The van der Waals surface area contributed by atoms with E-state index >= 15 is 0 Å². The van der Waals surface area contributed by atoms with Crippen molar-refractivity contribution in [3.05, 3.63) is 54.6 Å². The van der Waals surface area contributed by atoms with Gasteiger partial charge in [-0.1, -0.05) is 0 Å². The zero-order valence-electron chi connectivity index (χ0n) is 14.0. The van der Waals surface area contributed by atoms with Gasteiger partial charge in [0.15, 0.2) is 5.82 Å². The van der Waals surface area contributed by atoms with E-state index < -0.39 is 0 Å². The van der Waals surface area contributed by atoms with Crippen LogP contribution in [0.4, 0.5) is 5.82 Å². The lowest BCUT2D eigenvalue weighted by molar-refractivity contribution is 0.419. The summed E-state index contributed by atoms with van der Waals surface area (Å²) in [4.78, 5) is 6.48. The fraction of sp³-hybridized carbons (Fsp3) is 0.333. The fourth-order valence-corrected chi connectivity index (χ4v) is 3.27. The molecule has 0 saturated carbocycles. The van der Waals surface area contributed by atoms with E-state index in [0.29, 0.717) is 6.04 Å². The smallest absolute Gasteiger partial charge is 0.151 e. The summed E-state index contributed by atoms with van der Waals surface area (Å²) in [6.07, 6.45) is 9.54. The van der Waals surface area contributed by atoms with Crippen LogP contribution in [-0.2, 0) is 6.54 Å². The summed E-state index contributed by atoms with van der Waals surface area (Å²) in [6, 6.07) is 8.36. The molecule has 1 fully saturated rings. The topological polar surface area (TPSA) is 82.6 Å². The number of nitrogens with one attached hydrogen (secondary N) is 2. The molecule has 1 saturated heterocycles. The first-order valence-electron chi connectivity index (χ1n) is 8.59. The summed E-state index contributed by atoms with van der Waals surface area (Å²) in [5.74, 6) is 0.952. The Bertz CT molecular complexity index is 787. The molecule has 0 amide bonds. The lowest BCUT2D eigenvalue weighted by Gasteiger charge is -2.33. The molecule has 1 unspecified atom stereocenters. The van der Waals surface area contributed by atoms with Crippen LogP contribution in [0.3, 0.4) is 0 Å². The Morgan fingerprint density at radius 2 is 2.16 bits per heavy atom. The minimum absolute atomic E-state index is 0.424. The van der Waals surface area contributed by atoms with Gasteiger partial charge in [-0.05, 0) is 37.1 Å². The van der Waals surface area contributed by atoms with Crippen LogP contribution in [0, 0.1) is 0 Å². The van der Waals surface area contributed by atoms with Crippen molar-refractivity contribution in [3.8, 4) is 11.3 Å². The molecule has 0 bridgehead atoms. The van der Waals surface area contributed by atoms with Crippen LogP contribution < -0.4 is 10.2 Å². The minimum Gasteiger partial charge on any atom is -0.354 e. The molecule has 25 heavy (non-hydrogen) atoms. The van der Waals surface area contributed by atoms with Gasteiger partial charge in [0.1, 0.15) is 0 Å². The molecule has 1 aliphatic rings. The molecule has 4 rings (SSSR count). The lowest BCUT2D eigenvalue weighted by Crippen LogP contribution is -2.45. The zero-order chi connectivity index (χ0) is 16.9. The molecule has 0 spiro atoms. The maximum absolute atomic E-state index is 4.23. The van der Waals surface area contributed by atoms with Crippen molar-refractivity contribution in [2.75, 3.05) is 18.0 Å². The molecule has 3 aromatic heterocycles. The molecule has 2 N–H and O–H groups in total. The third kappa shape index (κ3) is 3.66. The van der Waals surface area contributed by atoms with Gasteiger partial charge in [-0.3, -0.25) is 10.1 Å². The Morgan fingerprint density at radius 3 is 3.00 bits per heavy atom. The summed E-state index contributed by atoms with van der Waals surface area (Å²) in [5, 5.41) is 19.2. The van der Waals surface area contributed by atoms with Crippen molar-refractivity contribution in [2.24, 2.45) is 0 Å². The third-order valence-electron chi connectivity index (χ3n) is 4.55. The second kappa shape index (κ2) is 7.40. The first-order chi connectivity index (χ1) is 12.4. The van der Waals surface area contributed by atoms with Gasteiger partial charge >= 0.3 is 0 Å². The van der Waals surface area contributed by atoms with E-state index in [1.165, 1.54) is 0 Å². The first kappa shape index (κ1) is 15.7. The fourth-order valence-electron chi connectivity index (χ4n) is 3.27. The quantitative estimate of drug-likeness (QED) is 0.742. The van der Waals surface area contributed by atoms with Crippen LogP contribution in [0.1, 0.15) is 18.4 Å². The second-order valence-electron chi connectivity index (χ2n) is 6.26. The molecule has 1 aliphatic heterocycles. The Morgan fingerprint density at radius 1 is 1.20 bits per heavy atom. The largest absolute Gasteiger partial charge is 0.354 e. The van der Waals surface area contributed by atoms with Gasteiger partial charge in [-0.25, -0.2) is 0 Å². The number of anilines is 1. The third-order valence-corrected chi connectivity index (χ3v) is 4.55. The standard InChI is InChI=1S/C18H21N7/c1-4-14(10-19-7-1)18-15(12-22-24-18)11-20-16-5-3-9-25(13-16)17-6-2-8-21-23-17/h1-2,4,6-8,10,12,16,20H,3,5,9,11,13H2,(H,22,24). The number of aromatic nitrogens is 5. The summed E-state index contributed by atoms with van der Waals surface area (Å²) >= 11 is 0. The van der Waals surface area contributed by atoms with Crippen LogP contribution in [-0.4, -0.2) is 44.5 Å². The number of nitrogens with zero attached hydrogens (tertiary/aromatic N) is 5. The Hall–Kier alpha value is -2.80. The van der Waals surface area contributed by atoms with E-state index in [4.69, 9.17) is 0 Å². The van der Waals surface area contributed by atoms with Crippen LogP contribution in [0.2, 0.25) is 0 Å². The Kier molecular flexibility index (Phi) is 4.65. The van der Waals surface area contributed by atoms with E-state index in [1.54, 1.807) is 12.4 Å². The van der Waals surface area contributed by atoms with Crippen LogP contribution in [0.15, 0.2) is 49.1 Å². The summed E-state index contributed by atoms with van der Waals surface area (Å²) in [6.45, 7) is 2.75. The molecular weight excluding hydrogens is 314 g/mol. The van der Waals surface area contributed by atoms with E-state index in [1.807, 2.05) is 36.7 Å². The second-order valence-corrected chi connectivity index (χ2v) is 6.26. The molecule has 128 valence electrons. The Balaban J connectivity index is 1.40. The van der Waals surface area contributed by atoms with E-state index in [-0.39, 0.29) is 0 Å². The van der Waals surface area contributed by atoms with Crippen molar-refractivity contribution in [3.63, 3.8) is 0 Å². The zero-order valence-corrected chi connectivity index (χ0v) is 14.0. The van der Waals surface area contributed by atoms with Crippen molar-refractivity contribution < 1.29 is 0 Å². The highest BCUT2D eigenvalue weighted by Crippen LogP contribution is 2.21. The van der Waals surface area contributed by atoms with Crippen molar-refractivity contribution in [1.82, 2.24) is 30.7 Å². The number of hydrogen-bond acceptors (Lipinski definition) is 6. The highest BCUT2D eigenvalue weighted by molar-refractivity contribution is 5.61. The molecule has 7 heteroatoms. The summed E-state index contributed by atoms with van der Waals surface area (Å²) in [7, 11) is 0. The summed E-state index contributed by atoms with van der Waals surface area (Å²) in [5.41, 5.74) is 3.24. The highest BCUT2D eigenvalue weighted by atomic mass is 15.3. The molecule has 7 nitrogen and oxygen atoms in total. The van der Waals surface area contributed by atoms with Crippen LogP contribution >= 0.6 is 0 Å². The maximum Gasteiger partial charge on any atom is 0.151 e. The Labute approximate surface area is 146 Å². The maximum atomic E-state index is 4.23. The van der Waals surface area contributed by atoms with Gasteiger partial charge in [0.2, 0.25) is 0 Å². The predicted molar refractivity (Wildman–Crippen MR) is 95.9 cm³/mol. The number of piperidine rings is 1. The molecule has 0 aromatic carbocycles. The average Bonchev–Trinajstić information content (AvgIpc) is 3.17. The van der Waals surface area contributed by atoms with Crippen molar-refractivity contribution in [1.29, 1.82) is 0 Å². The average molecular weight is 335 g/mol. The number of H-pyrrole nitrogens is 1. The number of pyridine rings is 1. The number of hydrogen-bond donors (Lipinski definition) is 2. The molecular formula is C18H21N7. The van der Waals surface area contributed by atoms with Crippen molar-refractivity contribution >= 4 is 5.82 Å². The monoisotopic (exact) mass is 335 g/mol. The van der Waals surface area contributed by atoms with Gasteiger partial charge in [0.05, 0.1) is 11.9 Å². The van der Waals surface area contributed by atoms with Gasteiger partial charge in [0, 0.05) is 55.4 Å². The molecule has 0 radical (unpaired) electrons. The number of rotatable bonds is 5.